The number of nitrogens with one attached hydrogen (secondary N) is 1. The molecule has 17 heavy (non-hydrogen) atoms. The minimum absolute atomic E-state index is 0.788. The maximum absolute atomic E-state index is 6.21. The van der Waals surface area contributed by atoms with Crippen LogP contribution in [0.25, 0.3) is 0 Å². The minimum Gasteiger partial charge on any atom is -0.316 e. The van der Waals surface area contributed by atoms with Crippen molar-refractivity contribution in [2.45, 2.75) is 16.3 Å². The largest absolute Gasteiger partial charge is 0.316 e. The highest BCUT2D eigenvalue weighted by molar-refractivity contribution is 7.99. The van der Waals surface area contributed by atoms with Crippen LogP contribution in [-0.2, 0) is 13.6 Å². The fourth-order valence-corrected chi connectivity index (χ4v) is 2.72. The molecule has 0 bridgehead atoms. The van der Waals surface area contributed by atoms with Crippen LogP contribution in [0.1, 0.15) is 5.56 Å². The van der Waals surface area contributed by atoms with E-state index in [0.717, 1.165) is 26.9 Å². The number of rotatable bonds is 4. The second-order valence-corrected chi connectivity index (χ2v) is 5.29. The van der Waals surface area contributed by atoms with Gasteiger partial charge < -0.3 is 5.32 Å². The molecule has 0 aliphatic heterocycles. The number of nitrogens with zero attached hydrogens (tertiary/aromatic N) is 2. The zero-order valence-electron chi connectivity index (χ0n) is 9.77. The van der Waals surface area contributed by atoms with Gasteiger partial charge in [-0.05, 0) is 24.7 Å². The van der Waals surface area contributed by atoms with Crippen LogP contribution in [0.2, 0.25) is 5.02 Å². The third-order valence-corrected chi connectivity index (χ3v) is 3.60. The van der Waals surface area contributed by atoms with Gasteiger partial charge in [0.1, 0.15) is 0 Å². The fraction of sp³-hybridized carbons (Fsp3) is 0.250. The van der Waals surface area contributed by atoms with Crippen LogP contribution >= 0.6 is 23.4 Å². The predicted octanol–water partition coefficient (Wildman–Crippen LogP) is 2.94. The molecule has 0 unspecified atom stereocenters. The molecule has 1 aromatic carbocycles. The van der Waals surface area contributed by atoms with Crippen molar-refractivity contribution in [2.75, 3.05) is 7.05 Å². The zero-order chi connectivity index (χ0) is 12.3. The summed E-state index contributed by atoms with van der Waals surface area (Å²) in [6, 6.07) is 6.12. The van der Waals surface area contributed by atoms with E-state index in [9.17, 15) is 0 Å². The van der Waals surface area contributed by atoms with Gasteiger partial charge >= 0.3 is 0 Å². The molecule has 3 nitrogen and oxygen atoms in total. The van der Waals surface area contributed by atoms with Crippen molar-refractivity contribution in [3.63, 3.8) is 0 Å². The molecule has 0 aliphatic rings. The number of hydrogen-bond acceptors (Lipinski definition) is 3. The van der Waals surface area contributed by atoms with Gasteiger partial charge in [0, 0.05) is 29.7 Å². The van der Waals surface area contributed by atoms with Gasteiger partial charge in [0.25, 0.3) is 0 Å². The lowest BCUT2D eigenvalue weighted by molar-refractivity contribution is 0.766. The summed E-state index contributed by atoms with van der Waals surface area (Å²) in [5.41, 5.74) is 1.12. The molecule has 0 radical (unpaired) electrons. The van der Waals surface area contributed by atoms with Crippen molar-refractivity contribution in [3.05, 3.63) is 41.2 Å². The zero-order valence-corrected chi connectivity index (χ0v) is 11.3. The molecule has 0 saturated heterocycles. The Morgan fingerprint density at radius 3 is 2.82 bits per heavy atom. The smallest absolute Gasteiger partial charge is 0.0629 e. The predicted molar refractivity (Wildman–Crippen MR) is 71.5 cm³/mol. The van der Waals surface area contributed by atoms with Gasteiger partial charge in [-0.1, -0.05) is 29.4 Å². The summed E-state index contributed by atoms with van der Waals surface area (Å²) in [6.45, 7) is 0.788. The lowest BCUT2D eigenvalue weighted by Gasteiger charge is -2.05. The van der Waals surface area contributed by atoms with E-state index in [-0.39, 0.29) is 0 Å². The van der Waals surface area contributed by atoms with Crippen molar-refractivity contribution in [1.82, 2.24) is 15.1 Å². The third-order valence-electron chi connectivity index (χ3n) is 2.31. The molecule has 5 heteroatoms. The highest BCUT2D eigenvalue weighted by atomic mass is 35.5. The summed E-state index contributed by atoms with van der Waals surface area (Å²) in [6.07, 6.45) is 3.83. The molecule has 1 heterocycles. The molecule has 0 amide bonds. The Labute approximate surface area is 110 Å². The van der Waals surface area contributed by atoms with E-state index < -0.39 is 0 Å². The lowest BCUT2D eigenvalue weighted by atomic mass is 10.2. The number of benzene rings is 1. The van der Waals surface area contributed by atoms with E-state index in [4.69, 9.17) is 11.6 Å². The van der Waals surface area contributed by atoms with Crippen molar-refractivity contribution in [1.29, 1.82) is 0 Å². The fourth-order valence-electron chi connectivity index (χ4n) is 1.51. The molecule has 2 rings (SSSR count). The van der Waals surface area contributed by atoms with Crippen LogP contribution in [0.15, 0.2) is 40.4 Å². The molecule has 0 saturated carbocycles. The summed E-state index contributed by atoms with van der Waals surface area (Å²) in [7, 11) is 3.82. The van der Waals surface area contributed by atoms with Gasteiger partial charge in [-0.25, -0.2) is 0 Å². The van der Waals surface area contributed by atoms with Gasteiger partial charge in [-0.15, -0.1) is 0 Å². The number of hydrogen-bond donors (Lipinski definition) is 1. The van der Waals surface area contributed by atoms with Crippen LogP contribution in [0.4, 0.5) is 0 Å². The maximum atomic E-state index is 6.21. The molecular formula is C12H14ClN3S. The summed E-state index contributed by atoms with van der Waals surface area (Å²) in [5, 5.41) is 8.03. The first kappa shape index (κ1) is 12.5. The molecular weight excluding hydrogens is 254 g/mol. The van der Waals surface area contributed by atoms with Crippen LogP contribution in [-0.4, -0.2) is 16.8 Å². The van der Waals surface area contributed by atoms with Crippen molar-refractivity contribution < 1.29 is 0 Å². The minimum atomic E-state index is 0.788. The Kier molecular flexibility index (Phi) is 4.10. The van der Waals surface area contributed by atoms with Crippen LogP contribution in [0, 0.1) is 0 Å². The average molecular weight is 268 g/mol. The summed E-state index contributed by atoms with van der Waals surface area (Å²) >= 11 is 7.87. The topological polar surface area (TPSA) is 29.9 Å². The van der Waals surface area contributed by atoms with Crippen LogP contribution in [0.5, 0.6) is 0 Å². The highest BCUT2D eigenvalue weighted by Gasteiger charge is 2.04. The molecule has 0 spiro atoms. The number of aromatic nitrogens is 2. The van der Waals surface area contributed by atoms with E-state index >= 15 is 0 Å². The van der Waals surface area contributed by atoms with Gasteiger partial charge in [-0.3, -0.25) is 4.68 Å². The molecule has 1 aromatic heterocycles. The van der Waals surface area contributed by atoms with E-state index in [1.165, 1.54) is 0 Å². The first-order valence-electron chi connectivity index (χ1n) is 5.28. The summed E-state index contributed by atoms with van der Waals surface area (Å²) < 4.78 is 1.79. The first-order chi connectivity index (χ1) is 8.19. The lowest BCUT2D eigenvalue weighted by Crippen LogP contribution is -2.05. The highest BCUT2D eigenvalue weighted by Crippen LogP contribution is 2.30. The monoisotopic (exact) mass is 267 g/mol. The van der Waals surface area contributed by atoms with Crippen LogP contribution < -0.4 is 5.32 Å². The van der Waals surface area contributed by atoms with E-state index in [1.54, 1.807) is 16.4 Å². The van der Waals surface area contributed by atoms with Gasteiger partial charge in [0.05, 0.1) is 11.1 Å². The van der Waals surface area contributed by atoms with Crippen molar-refractivity contribution in [3.8, 4) is 0 Å². The number of halogens is 1. The molecule has 0 aliphatic carbocycles. The van der Waals surface area contributed by atoms with Gasteiger partial charge in [0.2, 0.25) is 0 Å². The normalized spacial score (nSPS) is 10.8. The Morgan fingerprint density at radius 2 is 2.24 bits per heavy atom. The Morgan fingerprint density at radius 1 is 1.41 bits per heavy atom. The molecule has 1 N–H and O–H groups in total. The SMILES string of the molecule is CNCc1ccc(Sc2cnn(C)c2)cc1Cl. The van der Waals surface area contributed by atoms with Crippen molar-refractivity contribution >= 4 is 23.4 Å². The average Bonchev–Trinajstić information content (AvgIpc) is 2.68. The maximum Gasteiger partial charge on any atom is 0.0629 e. The van der Waals surface area contributed by atoms with E-state index in [1.807, 2.05) is 32.6 Å². The quantitative estimate of drug-likeness (QED) is 0.924. The van der Waals surface area contributed by atoms with E-state index in [0.29, 0.717) is 0 Å². The summed E-state index contributed by atoms with van der Waals surface area (Å²) in [5.74, 6) is 0. The van der Waals surface area contributed by atoms with Gasteiger partial charge in [-0.2, -0.15) is 5.10 Å². The Balaban J connectivity index is 2.14. The summed E-state index contributed by atoms with van der Waals surface area (Å²) in [4.78, 5) is 2.24. The standard InChI is InChI=1S/C12H14ClN3S/c1-14-6-9-3-4-10(5-12(9)13)17-11-7-15-16(2)8-11/h3-5,7-8,14H,6H2,1-2H3. The van der Waals surface area contributed by atoms with E-state index in [2.05, 4.69) is 22.5 Å². The Hall–Kier alpha value is -0.970. The number of aryl methyl sites for hydroxylation is 1. The third kappa shape index (κ3) is 3.25. The second kappa shape index (κ2) is 5.58. The molecule has 2 aromatic rings. The molecule has 0 fully saturated rings. The molecule has 0 atom stereocenters. The van der Waals surface area contributed by atoms with Gasteiger partial charge in [0.15, 0.2) is 0 Å². The van der Waals surface area contributed by atoms with Crippen LogP contribution in [0.3, 0.4) is 0 Å². The second-order valence-electron chi connectivity index (χ2n) is 3.74. The Bertz CT molecular complexity index is 510. The molecule has 90 valence electrons. The van der Waals surface area contributed by atoms with Crippen molar-refractivity contribution in [2.24, 2.45) is 7.05 Å². The first-order valence-corrected chi connectivity index (χ1v) is 6.48.